The van der Waals surface area contributed by atoms with Crippen LogP contribution in [0.2, 0.25) is 0 Å². The van der Waals surface area contributed by atoms with E-state index in [9.17, 15) is 9.90 Å². The molecule has 1 amide bonds. The monoisotopic (exact) mass is 216 g/mol. The molecule has 1 unspecified atom stereocenters. The smallest absolute Gasteiger partial charge is 0.238 e. The van der Waals surface area contributed by atoms with E-state index in [1.807, 2.05) is 0 Å². The molecule has 0 saturated heterocycles. The van der Waals surface area contributed by atoms with Gasteiger partial charge in [-0.25, -0.2) is 0 Å². The van der Waals surface area contributed by atoms with E-state index in [4.69, 9.17) is 0 Å². The van der Waals surface area contributed by atoms with E-state index in [2.05, 4.69) is 19.2 Å². The zero-order valence-electron chi connectivity index (χ0n) is 9.09. The molecule has 3 nitrogen and oxygen atoms in total. The average molecular weight is 216 g/mol. The zero-order valence-corrected chi connectivity index (χ0v) is 10.1. The minimum Gasteiger partial charge on any atom is -0.874 e. The maximum Gasteiger partial charge on any atom is 0.238 e. The van der Waals surface area contributed by atoms with E-state index >= 15 is 0 Å². The summed E-state index contributed by atoms with van der Waals surface area (Å²) in [7, 11) is 0.282. The average Bonchev–Trinajstić information content (AvgIpc) is 2.22. The molecular weight excluding hydrogens is 197 g/mol. The van der Waals surface area contributed by atoms with Crippen LogP contribution in [0.3, 0.4) is 0 Å². The fourth-order valence-corrected chi connectivity index (χ4v) is 1.97. The maximum atomic E-state index is 11.3. The summed E-state index contributed by atoms with van der Waals surface area (Å²) >= 11 is 0. The van der Waals surface area contributed by atoms with Crippen molar-refractivity contribution in [1.82, 2.24) is 5.32 Å². The third kappa shape index (κ3) is 5.98. The minimum absolute atomic E-state index is 0.00824. The van der Waals surface area contributed by atoms with Gasteiger partial charge in [0.05, 0.1) is 0 Å². The molecule has 0 radical (unpaired) electrons. The molecule has 4 heteroatoms. The third-order valence-corrected chi connectivity index (χ3v) is 3.73. The standard InChI is InChI=1S/C10H20NO2P/c1-4-8(12)7-11-10(13)14-9(5-2)6-3/h4,9,12,14H,5-7H2,1-3H3,(H,11,13)/p-1. The van der Waals surface area contributed by atoms with Gasteiger partial charge in [0.25, 0.3) is 0 Å². The highest BCUT2D eigenvalue weighted by Gasteiger charge is 2.08. The van der Waals surface area contributed by atoms with Crippen LogP contribution in [0.4, 0.5) is 4.79 Å². The van der Waals surface area contributed by atoms with Crippen molar-refractivity contribution in [1.29, 1.82) is 0 Å². The van der Waals surface area contributed by atoms with E-state index in [0.29, 0.717) is 5.66 Å². The molecule has 14 heavy (non-hydrogen) atoms. The number of allylic oxidation sites excluding steroid dienone is 1. The lowest BCUT2D eigenvalue weighted by atomic mass is 10.3. The van der Waals surface area contributed by atoms with Crippen molar-refractivity contribution in [3.05, 3.63) is 11.8 Å². The number of nitrogens with one attached hydrogen (secondary N) is 1. The van der Waals surface area contributed by atoms with Gasteiger partial charge in [0.15, 0.2) is 0 Å². The Hall–Kier alpha value is -0.560. The Labute approximate surface area is 87.8 Å². The molecule has 0 bridgehead atoms. The van der Waals surface area contributed by atoms with Crippen molar-refractivity contribution in [2.45, 2.75) is 39.3 Å². The lowest BCUT2D eigenvalue weighted by Gasteiger charge is -2.15. The molecule has 0 spiro atoms. The van der Waals surface area contributed by atoms with Crippen molar-refractivity contribution in [3.63, 3.8) is 0 Å². The van der Waals surface area contributed by atoms with Gasteiger partial charge in [-0.15, -0.1) is 5.76 Å². The van der Waals surface area contributed by atoms with Gasteiger partial charge >= 0.3 is 0 Å². The van der Waals surface area contributed by atoms with Crippen LogP contribution in [0.15, 0.2) is 11.8 Å². The van der Waals surface area contributed by atoms with Crippen molar-refractivity contribution in [2.24, 2.45) is 0 Å². The number of amides is 1. The number of hydrogen-bond donors (Lipinski definition) is 1. The molecule has 0 heterocycles. The van der Waals surface area contributed by atoms with E-state index in [1.165, 1.54) is 6.08 Å². The van der Waals surface area contributed by atoms with E-state index in [1.54, 1.807) is 6.92 Å². The lowest BCUT2D eigenvalue weighted by molar-refractivity contribution is -0.304. The predicted molar refractivity (Wildman–Crippen MR) is 59.8 cm³/mol. The van der Waals surface area contributed by atoms with E-state index < -0.39 is 0 Å². The second kappa shape index (κ2) is 7.81. The van der Waals surface area contributed by atoms with Crippen molar-refractivity contribution >= 4 is 14.2 Å². The number of hydrogen-bond acceptors (Lipinski definition) is 2. The van der Waals surface area contributed by atoms with Crippen LogP contribution in [0, 0.1) is 0 Å². The van der Waals surface area contributed by atoms with Crippen molar-refractivity contribution < 1.29 is 9.90 Å². The summed E-state index contributed by atoms with van der Waals surface area (Å²) in [5.41, 5.74) is 0.476. The predicted octanol–water partition coefficient (Wildman–Crippen LogP) is 1.83. The largest absolute Gasteiger partial charge is 0.874 e. The Kier molecular flexibility index (Phi) is 7.50. The molecule has 0 aromatic rings. The summed E-state index contributed by atoms with van der Waals surface area (Å²) in [6.07, 6.45) is 3.52. The lowest BCUT2D eigenvalue weighted by Crippen LogP contribution is -2.26. The fraction of sp³-hybridized carbons (Fsp3) is 0.700. The summed E-state index contributed by atoms with van der Waals surface area (Å²) < 4.78 is 0. The summed E-state index contributed by atoms with van der Waals surface area (Å²) in [5.74, 6) is -0.0345. The van der Waals surface area contributed by atoms with Gasteiger partial charge in [-0.05, 0) is 34.0 Å². The fourth-order valence-electron chi connectivity index (χ4n) is 0.999. The van der Waals surface area contributed by atoms with Crippen LogP contribution in [0.25, 0.3) is 0 Å². The summed E-state index contributed by atoms with van der Waals surface area (Å²) in [6, 6.07) is 0. The molecule has 0 aromatic carbocycles. The molecule has 0 fully saturated rings. The van der Waals surface area contributed by atoms with Crippen molar-refractivity contribution in [3.8, 4) is 0 Å². The number of carbonyl (C=O) groups excluding carboxylic acids is 1. The Bertz CT molecular complexity index is 200. The summed E-state index contributed by atoms with van der Waals surface area (Å²) in [5, 5.41) is 13.5. The first-order chi connectivity index (χ1) is 6.63. The molecule has 0 aliphatic rings. The first-order valence-corrected chi connectivity index (χ1v) is 6.08. The van der Waals surface area contributed by atoms with Gasteiger partial charge < -0.3 is 10.4 Å². The third-order valence-electron chi connectivity index (χ3n) is 2.07. The molecule has 0 aliphatic carbocycles. The van der Waals surface area contributed by atoms with Crippen LogP contribution in [-0.2, 0) is 0 Å². The Morgan fingerprint density at radius 2 is 2.07 bits per heavy atom. The van der Waals surface area contributed by atoms with Gasteiger partial charge in [-0.3, -0.25) is 4.79 Å². The Morgan fingerprint density at radius 3 is 2.50 bits per heavy atom. The second-order valence-corrected chi connectivity index (χ2v) is 4.65. The normalized spacial score (nSPS) is 12.7. The number of carbonyl (C=O) groups is 1. The topological polar surface area (TPSA) is 52.2 Å². The van der Waals surface area contributed by atoms with Gasteiger partial charge in [0.1, 0.15) is 0 Å². The first kappa shape index (κ1) is 13.4. The quantitative estimate of drug-likeness (QED) is 0.544. The highest BCUT2D eigenvalue weighted by molar-refractivity contribution is 7.58. The molecule has 1 atom stereocenters. The van der Waals surface area contributed by atoms with Crippen molar-refractivity contribution in [2.75, 3.05) is 6.54 Å². The van der Waals surface area contributed by atoms with Crippen LogP contribution >= 0.6 is 8.58 Å². The SMILES string of the molecule is CC=C([O-])CNC(=O)PC(CC)CC. The highest BCUT2D eigenvalue weighted by atomic mass is 31.1. The second-order valence-electron chi connectivity index (χ2n) is 3.10. The van der Waals surface area contributed by atoms with Gasteiger partial charge in [0.2, 0.25) is 5.65 Å². The molecule has 0 saturated carbocycles. The van der Waals surface area contributed by atoms with Crippen LogP contribution < -0.4 is 10.4 Å². The highest BCUT2D eigenvalue weighted by Crippen LogP contribution is 2.24. The van der Waals surface area contributed by atoms with Crippen LogP contribution in [0.5, 0.6) is 0 Å². The summed E-state index contributed by atoms with van der Waals surface area (Å²) in [6.45, 7) is 5.99. The molecule has 0 aliphatic heterocycles. The molecule has 1 N–H and O–H groups in total. The maximum absolute atomic E-state index is 11.3. The summed E-state index contributed by atoms with van der Waals surface area (Å²) in [4.78, 5) is 11.3. The Balaban J connectivity index is 3.75. The Morgan fingerprint density at radius 1 is 1.50 bits per heavy atom. The minimum atomic E-state index is -0.0345. The molecular formula is C10H19NO2P-. The molecule has 0 aromatic heterocycles. The van der Waals surface area contributed by atoms with Gasteiger partial charge in [0, 0.05) is 6.54 Å². The van der Waals surface area contributed by atoms with Crippen LogP contribution in [0.1, 0.15) is 33.6 Å². The van der Waals surface area contributed by atoms with E-state index in [0.717, 1.165) is 12.8 Å². The zero-order chi connectivity index (χ0) is 11.0. The van der Waals surface area contributed by atoms with Crippen LogP contribution in [-0.4, -0.2) is 17.9 Å². The first-order valence-electron chi connectivity index (χ1n) is 5.00. The van der Waals surface area contributed by atoms with Gasteiger partial charge in [-0.2, -0.15) is 0 Å². The van der Waals surface area contributed by atoms with Gasteiger partial charge in [-0.1, -0.05) is 19.9 Å². The van der Waals surface area contributed by atoms with E-state index in [-0.39, 0.29) is 26.5 Å². The number of rotatable bonds is 6. The molecule has 82 valence electrons. The molecule has 0 rings (SSSR count).